The Morgan fingerprint density at radius 1 is 1.33 bits per heavy atom. The molecule has 128 valence electrons. The van der Waals surface area contributed by atoms with Gasteiger partial charge in [0, 0.05) is 38.1 Å². The Kier molecular flexibility index (Phi) is 5.68. The van der Waals surface area contributed by atoms with Gasteiger partial charge in [-0.1, -0.05) is 19.9 Å². The lowest BCUT2D eigenvalue weighted by Gasteiger charge is -2.16. The molecule has 2 aromatic rings. The van der Waals surface area contributed by atoms with Crippen molar-refractivity contribution in [1.82, 2.24) is 20.3 Å². The van der Waals surface area contributed by atoms with Crippen molar-refractivity contribution >= 4 is 17.7 Å². The number of aromatic nitrogens is 3. The maximum atomic E-state index is 12.4. The van der Waals surface area contributed by atoms with E-state index in [1.54, 1.807) is 12.3 Å². The molecule has 0 bridgehead atoms. The summed E-state index contributed by atoms with van der Waals surface area (Å²) in [5, 5.41) is 2.87. The first-order valence-electron chi connectivity index (χ1n) is 7.89. The minimum absolute atomic E-state index is 0.119. The number of nitrogens with two attached hydrogens (primary N) is 1. The Bertz CT molecular complexity index is 714. The molecule has 0 fully saturated rings. The van der Waals surface area contributed by atoms with E-state index in [9.17, 15) is 4.79 Å². The van der Waals surface area contributed by atoms with E-state index in [1.165, 1.54) is 0 Å². The first-order valence-corrected chi connectivity index (χ1v) is 7.89. The standard InChI is InChI=1S/C17H24N6O/c1-11(2)8-13-9-14(22-17(18)21-13)16(24)20-10-12-6-5-7-19-15(12)23(3)4/h5-7,9,11H,8,10H2,1-4H3,(H,20,24)(H2,18,21,22). The van der Waals surface area contributed by atoms with Crippen LogP contribution in [0.15, 0.2) is 24.4 Å². The molecule has 2 rings (SSSR count). The fourth-order valence-electron chi connectivity index (χ4n) is 2.39. The summed E-state index contributed by atoms with van der Waals surface area (Å²) in [6, 6.07) is 5.47. The van der Waals surface area contributed by atoms with Crippen LogP contribution in [0.2, 0.25) is 0 Å². The second kappa shape index (κ2) is 7.72. The summed E-state index contributed by atoms with van der Waals surface area (Å²) in [6.07, 6.45) is 2.48. The van der Waals surface area contributed by atoms with E-state index in [1.807, 2.05) is 31.1 Å². The lowest BCUT2D eigenvalue weighted by atomic mass is 10.1. The summed E-state index contributed by atoms with van der Waals surface area (Å²) in [5.74, 6) is 1.09. The molecule has 24 heavy (non-hydrogen) atoms. The molecule has 7 heteroatoms. The summed E-state index contributed by atoms with van der Waals surface area (Å²) in [5.41, 5.74) is 7.72. The maximum absolute atomic E-state index is 12.4. The highest BCUT2D eigenvalue weighted by Crippen LogP contribution is 2.14. The quantitative estimate of drug-likeness (QED) is 0.837. The zero-order chi connectivity index (χ0) is 17.7. The zero-order valence-electron chi connectivity index (χ0n) is 14.6. The van der Waals surface area contributed by atoms with Crippen LogP contribution >= 0.6 is 0 Å². The third-order valence-corrected chi connectivity index (χ3v) is 3.38. The van der Waals surface area contributed by atoms with E-state index in [-0.39, 0.29) is 17.5 Å². The number of nitrogens with zero attached hydrogens (tertiary/aromatic N) is 4. The molecule has 1 amide bonds. The van der Waals surface area contributed by atoms with Gasteiger partial charge in [0.25, 0.3) is 5.91 Å². The second-order valence-electron chi connectivity index (χ2n) is 6.26. The van der Waals surface area contributed by atoms with Gasteiger partial charge in [-0.25, -0.2) is 15.0 Å². The molecular formula is C17H24N6O. The Morgan fingerprint density at radius 2 is 2.08 bits per heavy atom. The third kappa shape index (κ3) is 4.65. The van der Waals surface area contributed by atoms with Crippen LogP contribution in [-0.4, -0.2) is 35.0 Å². The number of carbonyl (C=O) groups excluding carboxylic acids is 1. The molecule has 0 aliphatic heterocycles. The van der Waals surface area contributed by atoms with Gasteiger partial charge in [-0.2, -0.15) is 0 Å². The largest absolute Gasteiger partial charge is 0.368 e. The van der Waals surface area contributed by atoms with E-state index >= 15 is 0 Å². The number of nitrogens with one attached hydrogen (secondary N) is 1. The summed E-state index contributed by atoms with van der Waals surface area (Å²) in [7, 11) is 3.83. The molecule has 7 nitrogen and oxygen atoms in total. The molecule has 2 heterocycles. The van der Waals surface area contributed by atoms with Crippen LogP contribution in [0.5, 0.6) is 0 Å². The number of rotatable bonds is 6. The van der Waals surface area contributed by atoms with Crippen LogP contribution < -0.4 is 16.0 Å². The van der Waals surface area contributed by atoms with Gasteiger partial charge in [-0.3, -0.25) is 4.79 Å². The lowest BCUT2D eigenvalue weighted by molar-refractivity contribution is 0.0945. The van der Waals surface area contributed by atoms with Gasteiger partial charge in [-0.05, 0) is 24.5 Å². The second-order valence-corrected chi connectivity index (χ2v) is 6.26. The normalized spacial score (nSPS) is 10.7. The van der Waals surface area contributed by atoms with E-state index in [0.717, 1.165) is 23.5 Å². The van der Waals surface area contributed by atoms with Crippen molar-refractivity contribution in [2.45, 2.75) is 26.8 Å². The van der Waals surface area contributed by atoms with Gasteiger partial charge in [0.15, 0.2) is 0 Å². The Labute approximate surface area is 142 Å². The summed E-state index contributed by atoms with van der Waals surface area (Å²) >= 11 is 0. The number of amides is 1. The van der Waals surface area contributed by atoms with Gasteiger partial charge >= 0.3 is 0 Å². The molecule has 3 N–H and O–H groups in total. The molecular weight excluding hydrogens is 304 g/mol. The van der Waals surface area contributed by atoms with Crippen LogP contribution in [0.1, 0.15) is 35.6 Å². The minimum atomic E-state index is -0.275. The monoisotopic (exact) mass is 328 g/mol. The Balaban J connectivity index is 2.12. The fourth-order valence-corrected chi connectivity index (χ4v) is 2.39. The topological polar surface area (TPSA) is 97.0 Å². The molecule has 0 radical (unpaired) electrons. The molecule has 0 aliphatic carbocycles. The van der Waals surface area contributed by atoms with E-state index in [4.69, 9.17) is 5.73 Å². The van der Waals surface area contributed by atoms with Gasteiger partial charge in [0.2, 0.25) is 5.95 Å². The molecule has 0 saturated carbocycles. The van der Waals surface area contributed by atoms with Crippen molar-refractivity contribution in [1.29, 1.82) is 0 Å². The van der Waals surface area contributed by atoms with Gasteiger partial charge < -0.3 is 16.0 Å². The number of carbonyl (C=O) groups is 1. The van der Waals surface area contributed by atoms with E-state index in [0.29, 0.717) is 12.5 Å². The maximum Gasteiger partial charge on any atom is 0.270 e. The summed E-state index contributed by atoms with van der Waals surface area (Å²) in [6.45, 7) is 4.54. The van der Waals surface area contributed by atoms with Crippen molar-refractivity contribution in [2.24, 2.45) is 5.92 Å². The predicted octanol–water partition coefficient (Wildman–Crippen LogP) is 1.65. The summed E-state index contributed by atoms with van der Waals surface area (Å²) in [4.78, 5) is 26.8. The molecule has 0 saturated heterocycles. The van der Waals surface area contributed by atoms with Crippen LogP contribution in [0.4, 0.5) is 11.8 Å². The number of hydrogen-bond acceptors (Lipinski definition) is 6. The van der Waals surface area contributed by atoms with Crippen LogP contribution in [0.25, 0.3) is 0 Å². The van der Waals surface area contributed by atoms with Crippen molar-refractivity contribution in [3.8, 4) is 0 Å². The molecule has 0 aliphatic rings. The van der Waals surface area contributed by atoms with Gasteiger partial charge in [0.1, 0.15) is 11.5 Å². The SMILES string of the molecule is CC(C)Cc1cc(C(=O)NCc2cccnc2N(C)C)nc(N)n1. The molecule has 0 atom stereocenters. The first kappa shape index (κ1) is 17.7. The van der Waals surface area contributed by atoms with E-state index < -0.39 is 0 Å². The van der Waals surface area contributed by atoms with Crippen molar-refractivity contribution in [3.63, 3.8) is 0 Å². The molecule has 0 aromatic carbocycles. The van der Waals surface area contributed by atoms with Crippen LogP contribution in [0, 0.1) is 5.92 Å². The third-order valence-electron chi connectivity index (χ3n) is 3.38. The minimum Gasteiger partial charge on any atom is -0.368 e. The van der Waals surface area contributed by atoms with Crippen LogP contribution in [-0.2, 0) is 13.0 Å². The Morgan fingerprint density at radius 3 is 2.75 bits per heavy atom. The predicted molar refractivity (Wildman–Crippen MR) is 94.7 cm³/mol. The average molecular weight is 328 g/mol. The van der Waals surface area contributed by atoms with Gasteiger partial charge in [-0.15, -0.1) is 0 Å². The number of anilines is 2. The Hall–Kier alpha value is -2.70. The lowest BCUT2D eigenvalue weighted by Crippen LogP contribution is -2.26. The number of nitrogen functional groups attached to an aromatic ring is 1. The average Bonchev–Trinajstić information content (AvgIpc) is 2.51. The highest BCUT2D eigenvalue weighted by molar-refractivity contribution is 5.92. The highest BCUT2D eigenvalue weighted by Gasteiger charge is 2.13. The van der Waals surface area contributed by atoms with E-state index in [2.05, 4.69) is 34.1 Å². The molecule has 2 aromatic heterocycles. The molecule has 0 unspecified atom stereocenters. The highest BCUT2D eigenvalue weighted by atomic mass is 16.1. The van der Waals surface area contributed by atoms with Gasteiger partial charge in [0.05, 0.1) is 0 Å². The molecule has 0 spiro atoms. The summed E-state index contributed by atoms with van der Waals surface area (Å²) < 4.78 is 0. The first-order chi connectivity index (χ1) is 11.4. The van der Waals surface area contributed by atoms with Crippen LogP contribution in [0.3, 0.4) is 0 Å². The number of pyridine rings is 1. The smallest absolute Gasteiger partial charge is 0.270 e. The van der Waals surface area contributed by atoms with Crippen molar-refractivity contribution in [3.05, 3.63) is 41.3 Å². The number of hydrogen-bond donors (Lipinski definition) is 2. The van der Waals surface area contributed by atoms with Crippen molar-refractivity contribution in [2.75, 3.05) is 24.7 Å². The van der Waals surface area contributed by atoms with Crippen molar-refractivity contribution < 1.29 is 4.79 Å². The zero-order valence-corrected chi connectivity index (χ0v) is 14.6. The fraction of sp³-hybridized carbons (Fsp3) is 0.412.